The van der Waals surface area contributed by atoms with Crippen LogP contribution in [0.4, 0.5) is 0 Å². The zero-order chi connectivity index (χ0) is 25.3. The van der Waals surface area contributed by atoms with Gasteiger partial charge in [-0.05, 0) is 26.7 Å². The van der Waals surface area contributed by atoms with Crippen LogP contribution in [0.3, 0.4) is 0 Å². The summed E-state index contributed by atoms with van der Waals surface area (Å²) in [6.07, 6.45) is 4.41. The zero-order valence-electron chi connectivity index (χ0n) is 19.9. The molecule has 1 rings (SSSR count). The van der Waals surface area contributed by atoms with Crippen molar-refractivity contribution < 1.29 is 47.6 Å². The summed E-state index contributed by atoms with van der Waals surface area (Å²) in [4.78, 5) is 47.4. The number of allylic oxidation sites excluding steroid dienone is 2. The molecule has 0 aliphatic heterocycles. The molecule has 0 amide bonds. The van der Waals surface area contributed by atoms with E-state index in [1.807, 2.05) is 12.2 Å². The summed E-state index contributed by atoms with van der Waals surface area (Å²) in [5, 5.41) is 0. The van der Waals surface area contributed by atoms with E-state index in [1.165, 1.54) is 0 Å². The van der Waals surface area contributed by atoms with Crippen LogP contribution in [-0.2, 0) is 47.6 Å². The van der Waals surface area contributed by atoms with Crippen molar-refractivity contribution in [2.45, 2.75) is 26.7 Å². The van der Waals surface area contributed by atoms with Crippen LogP contribution in [0.15, 0.2) is 36.5 Å². The Morgan fingerprint density at radius 2 is 0.941 bits per heavy atom. The quantitative estimate of drug-likeness (QED) is 0.106. The molecule has 1 aliphatic rings. The normalized spacial score (nSPS) is 16.9. The highest BCUT2D eigenvalue weighted by molar-refractivity contribution is 5.87. The highest BCUT2D eigenvalue weighted by Crippen LogP contribution is 2.28. The van der Waals surface area contributed by atoms with E-state index in [4.69, 9.17) is 28.4 Å². The van der Waals surface area contributed by atoms with E-state index in [9.17, 15) is 19.2 Å². The first-order valence-corrected chi connectivity index (χ1v) is 11.0. The van der Waals surface area contributed by atoms with E-state index in [0.717, 1.165) is 0 Å². The Labute approximate surface area is 199 Å². The Hall–Kier alpha value is -2.98. The second kappa shape index (κ2) is 16.6. The van der Waals surface area contributed by atoms with Crippen molar-refractivity contribution in [3.05, 3.63) is 36.5 Å². The summed E-state index contributed by atoms with van der Waals surface area (Å²) in [5.74, 6) is -3.27. The maximum absolute atomic E-state index is 12.4. The molecule has 10 nitrogen and oxygen atoms in total. The number of hydrogen-bond donors (Lipinski definition) is 0. The van der Waals surface area contributed by atoms with Crippen LogP contribution in [0.5, 0.6) is 0 Å². The van der Waals surface area contributed by atoms with Crippen molar-refractivity contribution in [1.29, 1.82) is 0 Å². The number of rotatable bonds is 16. The number of hydrogen-bond acceptors (Lipinski definition) is 10. The molecule has 0 fully saturated rings. The van der Waals surface area contributed by atoms with E-state index in [1.54, 1.807) is 13.8 Å². The van der Waals surface area contributed by atoms with E-state index in [0.29, 0.717) is 24.0 Å². The lowest BCUT2D eigenvalue weighted by Crippen LogP contribution is -2.34. The van der Waals surface area contributed by atoms with Crippen LogP contribution in [0.2, 0.25) is 0 Å². The fourth-order valence-corrected chi connectivity index (χ4v) is 2.79. The lowest BCUT2D eigenvalue weighted by Gasteiger charge is -2.25. The van der Waals surface area contributed by atoms with Gasteiger partial charge in [-0.25, -0.2) is 9.59 Å². The maximum Gasteiger partial charge on any atom is 0.333 e. The van der Waals surface area contributed by atoms with Crippen molar-refractivity contribution in [2.24, 2.45) is 11.8 Å². The molecule has 0 aromatic rings. The first-order valence-electron chi connectivity index (χ1n) is 11.0. The highest BCUT2D eigenvalue weighted by atomic mass is 16.6. The number of esters is 4. The van der Waals surface area contributed by atoms with Gasteiger partial charge in [0.25, 0.3) is 0 Å². The van der Waals surface area contributed by atoms with E-state index < -0.39 is 35.7 Å². The fourth-order valence-electron chi connectivity index (χ4n) is 2.79. The molecular formula is C24H34O10. The van der Waals surface area contributed by atoms with Gasteiger partial charge in [0, 0.05) is 11.1 Å². The third-order valence-corrected chi connectivity index (χ3v) is 4.60. The van der Waals surface area contributed by atoms with Gasteiger partial charge in [0.05, 0.1) is 38.3 Å². The first-order chi connectivity index (χ1) is 16.2. The molecule has 2 atom stereocenters. The van der Waals surface area contributed by atoms with Gasteiger partial charge < -0.3 is 28.4 Å². The lowest BCUT2D eigenvalue weighted by molar-refractivity contribution is -0.162. The summed E-state index contributed by atoms with van der Waals surface area (Å²) in [5.41, 5.74) is 0.607. The fraction of sp³-hybridized carbons (Fsp3) is 0.583. The second-order valence-corrected chi connectivity index (χ2v) is 7.55. The smallest absolute Gasteiger partial charge is 0.333 e. The minimum Gasteiger partial charge on any atom is -0.463 e. The summed E-state index contributed by atoms with van der Waals surface area (Å²) in [6, 6.07) is 0. The largest absolute Gasteiger partial charge is 0.463 e. The Morgan fingerprint density at radius 3 is 1.26 bits per heavy atom. The predicted octanol–water partition coefficient (Wildman–Crippen LogP) is 1.93. The predicted molar refractivity (Wildman–Crippen MR) is 120 cm³/mol. The molecule has 0 aromatic carbocycles. The van der Waals surface area contributed by atoms with E-state index in [2.05, 4.69) is 13.2 Å². The molecule has 0 heterocycles. The molecule has 0 saturated heterocycles. The summed E-state index contributed by atoms with van der Waals surface area (Å²) < 4.78 is 30.7. The van der Waals surface area contributed by atoms with Crippen LogP contribution in [0, 0.1) is 11.8 Å². The Bertz CT molecular complexity index is 693. The Kier molecular flexibility index (Phi) is 14.2. The van der Waals surface area contributed by atoms with Crippen molar-refractivity contribution in [3.63, 3.8) is 0 Å². The Balaban J connectivity index is 2.23. The molecule has 34 heavy (non-hydrogen) atoms. The van der Waals surface area contributed by atoms with Gasteiger partial charge in [-0.15, -0.1) is 0 Å². The standard InChI is InChI=1S/C24H34O10/c1-17(2)21(25)31-13-9-29-11-15-33-23(27)19-7-5-6-8-20(19)24(28)34-16-12-30-10-14-32-22(26)18(3)4/h5-6,19-20H,1,3,7-16H2,2,4H3/t19-,20-/m1/s1. The molecule has 1 aliphatic carbocycles. The molecule has 0 N–H and O–H groups in total. The summed E-state index contributed by atoms with van der Waals surface area (Å²) >= 11 is 0. The average molecular weight is 483 g/mol. The van der Waals surface area contributed by atoms with Gasteiger partial charge in [0.2, 0.25) is 0 Å². The van der Waals surface area contributed by atoms with Crippen LogP contribution < -0.4 is 0 Å². The molecule has 190 valence electrons. The molecule has 0 radical (unpaired) electrons. The van der Waals surface area contributed by atoms with Gasteiger partial charge in [-0.2, -0.15) is 0 Å². The van der Waals surface area contributed by atoms with Gasteiger partial charge in [-0.3, -0.25) is 9.59 Å². The van der Waals surface area contributed by atoms with Crippen molar-refractivity contribution in [2.75, 3.05) is 52.9 Å². The maximum atomic E-state index is 12.4. The molecule has 0 saturated carbocycles. The highest BCUT2D eigenvalue weighted by Gasteiger charge is 2.36. The molecule has 0 spiro atoms. The van der Waals surface area contributed by atoms with Crippen LogP contribution in [0.25, 0.3) is 0 Å². The van der Waals surface area contributed by atoms with Gasteiger partial charge in [0.15, 0.2) is 0 Å². The van der Waals surface area contributed by atoms with Crippen LogP contribution >= 0.6 is 0 Å². The third kappa shape index (κ3) is 11.8. The zero-order valence-corrected chi connectivity index (χ0v) is 19.9. The van der Waals surface area contributed by atoms with E-state index >= 15 is 0 Å². The topological polar surface area (TPSA) is 124 Å². The summed E-state index contributed by atoms with van der Waals surface area (Å²) in [6.45, 7) is 10.8. The minimum absolute atomic E-state index is 0.0129. The van der Waals surface area contributed by atoms with Gasteiger partial charge in [0.1, 0.15) is 26.4 Å². The Morgan fingerprint density at radius 1 is 0.618 bits per heavy atom. The van der Waals surface area contributed by atoms with Crippen molar-refractivity contribution >= 4 is 23.9 Å². The first kappa shape index (κ1) is 29.1. The minimum atomic E-state index is -0.642. The number of carbonyl (C=O) groups excluding carboxylic acids is 4. The van der Waals surface area contributed by atoms with Gasteiger partial charge >= 0.3 is 23.9 Å². The van der Waals surface area contributed by atoms with Crippen LogP contribution in [-0.4, -0.2) is 76.7 Å². The van der Waals surface area contributed by atoms with E-state index in [-0.39, 0.29) is 52.9 Å². The molecule has 0 aromatic heterocycles. The monoisotopic (exact) mass is 482 g/mol. The second-order valence-electron chi connectivity index (χ2n) is 7.55. The van der Waals surface area contributed by atoms with Crippen molar-refractivity contribution in [1.82, 2.24) is 0 Å². The number of ether oxygens (including phenoxy) is 6. The van der Waals surface area contributed by atoms with Crippen LogP contribution in [0.1, 0.15) is 26.7 Å². The molecule has 0 bridgehead atoms. The van der Waals surface area contributed by atoms with Crippen molar-refractivity contribution in [3.8, 4) is 0 Å². The average Bonchev–Trinajstić information content (AvgIpc) is 2.81. The molecule has 10 heteroatoms. The van der Waals surface area contributed by atoms with Gasteiger partial charge in [-0.1, -0.05) is 25.3 Å². The number of carbonyl (C=O) groups is 4. The summed E-state index contributed by atoms with van der Waals surface area (Å²) in [7, 11) is 0. The third-order valence-electron chi connectivity index (χ3n) is 4.60. The molecular weight excluding hydrogens is 448 g/mol. The lowest BCUT2D eigenvalue weighted by atomic mass is 9.83. The molecule has 0 unspecified atom stereocenters. The SMILES string of the molecule is C=C(C)C(=O)OCCOCCOC(=O)[C@@H]1CC=CC[C@H]1C(=O)OCCOCCOC(=O)C(=C)C.